The Hall–Kier alpha value is -1.63. The fourth-order valence-corrected chi connectivity index (χ4v) is 1.86. The number of hydrogen-bond donors (Lipinski definition) is 1. The second-order valence-electron chi connectivity index (χ2n) is 3.22. The van der Waals surface area contributed by atoms with Crippen molar-refractivity contribution in [3.05, 3.63) is 32.3 Å². The molecule has 1 aromatic carbocycles. The number of esters is 1. The number of anilines is 1. The van der Waals surface area contributed by atoms with Gasteiger partial charge < -0.3 is 10.5 Å². The molecule has 0 aliphatic rings. The Balaban J connectivity index is 3.11. The lowest BCUT2D eigenvalue weighted by Gasteiger charge is -2.06. The van der Waals surface area contributed by atoms with Crippen molar-refractivity contribution >= 4 is 33.3 Å². The van der Waals surface area contributed by atoms with Gasteiger partial charge in [-0.3, -0.25) is 14.9 Å². The van der Waals surface area contributed by atoms with Gasteiger partial charge in [0.15, 0.2) is 0 Å². The van der Waals surface area contributed by atoms with Crippen molar-refractivity contribution in [2.24, 2.45) is 0 Å². The summed E-state index contributed by atoms with van der Waals surface area (Å²) in [5, 5.41) is 10.9. The van der Waals surface area contributed by atoms with Crippen LogP contribution in [-0.4, -0.2) is 17.5 Å². The first-order valence-electron chi connectivity index (χ1n) is 4.84. The van der Waals surface area contributed by atoms with E-state index in [0.29, 0.717) is 0 Å². The minimum absolute atomic E-state index is 0.150. The van der Waals surface area contributed by atoms with Crippen molar-refractivity contribution in [2.75, 3.05) is 12.3 Å². The van der Waals surface area contributed by atoms with Gasteiger partial charge in [-0.1, -0.05) is 0 Å². The Labute approximate surface area is 106 Å². The summed E-state index contributed by atoms with van der Waals surface area (Å²) in [7, 11) is 0. The summed E-state index contributed by atoms with van der Waals surface area (Å²) in [6, 6.07) is 2.96. The van der Waals surface area contributed by atoms with Gasteiger partial charge in [0.25, 0.3) is 5.69 Å². The topological polar surface area (TPSA) is 95.5 Å². The first kappa shape index (κ1) is 13.4. The highest BCUT2D eigenvalue weighted by Gasteiger charge is 2.22. The molecule has 6 nitrogen and oxygen atoms in total. The van der Waals surface area contributed by atoms with Crippen molar-refractivity contribution < 1.29 is 14.5 Å². The van der Waals surface area contributed by atoms with Crippen LogP contribution in [0.4, 0.5) is 11.4 Å². The van der Waals surface area contributed by atoms with E-state index in [1.54, 1.807) is 6.92 Å². The molecule has 0 atom stereocenters. The molecule has 92 valence electrons. The van der Waals surface area contributed by atoms with Crippen molar-refractivity contribution in [3.63, 3.8) is 0 Å². The van der Waals surface area contributed by atoms with Gasteiger partial charge in [-0.05, 0) is 35.0 Å². The Kier molecular flexibility index (Phi) is 4.45. The Morgan fingerprint density at radius 2 is 2.24 bits per heavy atom. The molecule has 0 fully saturated rings. The molecule has 1 aromatic rings. The maximum atomic E-state index is 11.3. The molecule has 0 aliphatic heterocycles. The number of hydrogen-bond acceptors (Lipinski definition) is 5. The number of nitrogen functional groups attached to an aromatic ring is 1. The molecule has 0 amide bonds. The molecule has 0 spiro atoms. The summed E-state index contributed by atoms with van der Waals surface area (Å²) in [6.07, 6.45) is -0.150. The number of nitrogens with two attached hydrogens (primary N) is 1. The molecule has 0 saturated heterocycles. The van der Waals surface area contributed by atoms with Gasteiger partial charge in [-0.25, -0.2) is 0 Å². The number of nitro groups is 1. The molecule has 2 N–H and O–H groups in total. The van der Waals surface area contributed by atoms with Crippen molar-refractivity contribution in [1.29, 1.82) is 0 Å². The minimum atomic E-state index is -0.574. The Morgan fingerprint density at radius 3 is 2.76 bits per heavy atom. The lowest BCUT2D eigenvalue weighted by Crippen LogP contribution is -2.10. The van der Waals surface area contributed by atoms with Gasteiger partial charge >= 0.3 is 5.97 Å². The lowest BCUT2D eigenvalue weighted by atomic mass is 10.1. The second-order valence-corrected chi connectivity index (χ2v) is 4.01. The highest BCUT2D eigenvalue weighted by molar-refractivity contribution is 9.10. The van der Waals surface area contributed by atoms with E-state index < -0.39 is 10.9 Å². The van der Waals surface area contributed by atoms with E-state index in [2.05, 4.69) is 15.9 Å². The third-order valence-corrected chi connectivity index (χ3v) is 2.89. The van der Waals surface area contributed by atoms with Gasteiger partial charge in [-0.15, -0.1) is 0 Å². The smallest absolute Gasteiger partial charge is 0.310 e. The van der Waals surface area contributed by atoms with Crippen molar-refractivity contribution in [3.8, 4) is 0 Å². The van der Waals surface area contributed by atoms with Gasteiger partial charge in [0.05, 0.1) is 23.6 Å². The molecule has 0 heterocycles. The summed E-state index contributed by atoms with van der Waals surface area (Å²) >= 11 is 3.04. The van der Waals surface area contributed by atoms with Crippen LogP contribution in [0.3, 0.4) is 0 Å². The highest BCUT2D eigenvalue weighted by Crippen LogP contribution is 2.34. The van der Waals surface area contributed by atoms with E-state index in [4.69, 9.17) is 10.5 Å². The van der Waals surface area contributed by atoms with Gasteiger partial charge in [-0.2, -0.15) is 0 Å². The zero-order valence-corrected chi connectivity index (χ0v) is 10.7. The average Bonchev–Trinajstić information content (AvgIpc) is 2.23. The molecule has 1 rings (SSSR count). The molecular weight excluding hydrogens is 292 g/mol. The predicted molar refractivity (Wildman–Crippen MR) is 65.5 cm³/mol. The van der Waals surface area contributed by atoms with Crippen LogP contribution < -0.4 is 5.73 Å². The Morgan fingerprint density at radius 1 is 1.59 bits per heavy atom. The normalized spacial score (nSPS) is 10.0. The summed E-state index contributed by atoms with van der Waals surface area (Å²) in [6.45, 7) is 1.91. The highest BCUT2D eigenvalue weighted by atomic mass is 79.9. The third kappa shape index (κ3) is 3.16. The van der Waals surface area contributed by atoms with Gasteiger partial charge in [0, 0.05) is 5.56 Å². The van der Waals surface area contributed by atoms with E-state index in [1.165, 1.54) is 12.1 Å². The van der Waals surface area contributed by atoms with Crippen LogP contribution in [-0.2, 0) is 16.0 Å². The van der Waals surface area contributed by atoms with E-state index in [-0.39, 0.29) is 34.4 Å². The summed E-state index contributed by atoms with van der Waals surface area (Å²) in [5.74, 6) is -0.507. The molecule has 0 radical (unpaired) electrons. The van der Waals surface area contributed by atoms with Gasteiger partial charge in [0.2, 0.25) is 0 Å². The second kappa shape index (κ2) is 5.62. The quantitative estimate of drug-likeness (QED) is 0.397. The number of ether oxygens (including phenoxy) is 1. The number of halogens is 1. The first-order chi connectivity index (χ1) is 7.97. The van der Waals surface area contributed by atoms with Crippen molar-refractivity contribution in [1.82, 2.24) is 0 Å². The standard InChI is InChI=1S/C10H11BrN2O4/c1-2-17-8(14)5-6-3-4-7(12)9(11)10(6)13(15)16/h3-4H,2,5,12H2,1H3. The summed E-state index contributed by atoms with van der Waals surface area (Å²) in [5.41, 5.74) is 5.88. The molecule has 0 unspecified atom stereocenters. The molecule has 0 aromatic heterocycles. The number of carbonyl (C=O) groups is 1. The van der Waals surface area contributed by atoms with Crippen LogP contribution in [0.15, 0.2) is 16.6 Å². The van der Waals surface area contributed by atoms with Gasteiger partial charge in [0.1, 0.15) is 4.47 Å². The van der Waals surface area contributed by atoms with Crippen molar-refractivity contribution in [2.45, 2.75) is 13.3 Å². The van der Waals surface area contributed by atoms with Crippen LogP contribution in [0.5, 0.6) is 0 Å². The summed E-state index contributed by atoms with van der Waals surface area (Å²) in [4.78, 5) is 21.6. The van der Waals surface area contributed by atoms with Crippen LogP contribution in [0.1, 0.15) is 12.5 Å². The van der Waals surface area contributed by atoms with Crippen LogP contribution >= 0.6 is 15.9 Å². The summed E-state index contributed by atoms with van der Waals surface area (Å²) < 4.78 is 4.93. The fraction of sp³-hybridized carbons (Fsp3) is 0.300. The number of nitro benzene ring substituents is 1. The predicted octanol–water partition coefficient (Wildman–Crippen LogP) is 2.05. The molecule has 17 heavy (non-hydrogen) atoms. The molecular formula is C10H11BrN2O4. The number of rotatable bonds is 4. The lowest BCUT2D eigenvalue weighted by molar-refractivity contribution is -0.386. The van der Waals surface area contributed by atoms with E-state index in [9.17, 15) is 14.9 Å². The minimum Gasteiger partial charge on any atom is -0.466 e. The monoisotopic (exact) mass is 302 g/mol. The van der Waals surface area contributed by atoms with E-state index in [1.807, 2.05) is 0 Å². The van der Waals surface area contributed by atoms with E-state index >= 15 is 0 Å². The fourth-order valence-electron chi connectivity index (χ4n) is 1.33. The average molecular weight is 303 g/mol. The van der Waals surface area contributed by atoms with Crippen LogP contribution in [0.25, 0.3) is 0 Å². The largest absolute Gasteiger partial charge is 0.466 e. The zero-order valence-electron chi connectivity index (χ0n) is 9.10. The SMILES string of the molecule is CCOC(=O)Cc1ccc(N)c(Br)c1[N+](=O)[O-]. The number of benzene rings is 1. The zero-order chi connectivity index (χ0) is 13.0. The maximum Gasteiger partial charge on any atom is 0.310 e. The Bertz CT molecular complexity index is 462. The maximum absolute atomic E-state index is 11.3. The molecule has 7 heteroatoms. The van der Waals surface area contributed by atoms with Crippen LogP contribution in [0, 0.1) is 10.1 Å². The molecule has 0 bridgehead atoms. The van der Waals surface area contributed by atoms with E-state index in [0.717, 1.165) is 0 Å². The molecule has 0 saturated carbocycles. The number of nitrogens with zero attached hydrogens (tertiary/aromatic N) is 1. The third-order valence-electron chi connectivity index (χ3n) is 2.05. The first-order valence-corrected chi connectivity index (χ1v) is 5.63. The number of carbonyl (C=O) groups excluding carboxylic acids is 1. The molecule has 0 aliphatic carbocycles. The van der Waals surface area contributed by atoms with Crippen LogP contribution in [0.2, 0.25) is 0 Å².